The Labute approximate surface area is 215 Å². The summed E-state index contributed by atoms with van der Waals surface area (Å²) in [6.07, 6.45) is -3.47. The highest BCUT2D eigenvalue weighted by Crippen LogP contribution is 2.37. The van der Waals surface area contributed by atoms with Gasteiger partial charge in [0.2, 0.25) is 10.0 Å². The van der Waals surface area contributed by atoms with Crippen LogP contribution in [-0.2, 0) is 16.2 Å². The number of hydrogen-bond acceptors (Lipinski definition) is 6. The Kier molecular flexibility index (Phi) is 7.46. The highest BCUT2D eigenvalue weighted by Gasteiger charge is 2.30. The van der Waals surface area contributed by atoms with Crippen LogP contribution in [0.3, 0.4) is 0 Å². The number of ether oxygens (including phenoxy) is 1. The summed E-state index contributed by atoms with van der Waals surface area (Å²) in [4.78, 5) is 12.3. The molecule has 10 nitrogen and oxygen atoms in total. The van der Waals surface area contributed by atoms with E-state index in [2.05, 4.69) is 25.6 Å². The fourth-order valence-corrected chi connectivity index (χ4v) is 4.14. The Morgan fingerprint density at radius 1 is 1.05 bits per heavy atom. The van der Waals surface area contributed by atoms with Crippen LogP contribution in [0.5, 0.6) is 5.75 Å². The Morgan fingerprint density at radius 2 is 1.76 bits per heavy atom. The van der Waals surface area contributed by atoms with Crippen LogP contribution >= 0.6 is 0 Å². The third kappa shape index (κ3) is 6.52. The molecule has 200 valence electrons. The van der Waals surface area contributed by atoms with E-state index in [1.54, 1.807) is 36.4 Å². The van der Waals surface area contributed by atoms with E-state index >= 15 is 0 Å². The number of nitrogens with one attached hydrogen (secondary N) is 4. The van der Waals surface area contributed by atoms with Gasteiger partial charge in [0.1, 0.15) is 17.9 Å². The van der Waals surface area contributed by atoms with Crippen molar-refractivity contribution >= 4 is 44.1 Å². The van der Waals surface area contributed by atoms with Gasteiger partial charge >= 0.3 is 12.2 Å². The SMILES string of the molecule is CS(=O)(=O)NCCOc1ccc(-c2ccc(NC(=O)Nc3cccc(C(F)(F)F)c3)cc2)c2c(N)n[nH]c12. The van der Waals surface area contributed by atoms with Gasteiger partial charge in [0.05, 0.1) is 17.2 Å². The smallest absolute Gasteiger partial charge is 0.416 e. The molecule has 0 fully saturated rings. The molecule has 0 atom stereocenters. The number of fused-ring (bicyclic) bond motifs is 1. The second kappa shape index (κ2) is 10.6. The van der Waals surface area contributed by atoms with Crippen LogP contribution in [0.1, 0.15) is 5.56 Å². The summed E-state index contributed by atoms with van der Waals surface area (Å²) in [7, 11) is -3.34. The topological polar surface area (TPSA) is 151 Å². The molecule has 1 heterocycles. The van der Waals surface area contributed by atoms with E-state index < -0.39 is 27.8 Å². The highest BCUT2D eigenvalue weighted by molar-refractivity contribution is 7.88. The number of rotatable bonds is 8. The lowest BCUT2D eigenvalue weighted by atomic mass is 10.0. The van der Waals surface area contributed by atoms with Gasteiger partial charge in [0, 0.05) is 17.9 Å². The number of carbonyl (C=O) groups excluding carboxylic acids is 1. The van der Waals surface area contributed by atoms with Gasteiger partial charge in [-0.25, -0.2) is 17.9 Å². The lowest BCUT2D eigenvalue weighted by Crippen LogP contribution is -2.26. The molecule has 0 spiro atoms. The van der Waals surface area contributed by atoms with Crippen LogP contribution in [0.15, 0.2) is 60.7 Å². The van der Waals surface area contributed by atoms with E-state index in [-0.39, 0.29) is 24.7 Å². The predicted molar refractivity (Wildman–Crippen MR) is 138 cm³/mol. The van der Waals surface area contributed by atoms with E-state index in [1.807, 2.05) is 0 Å². The number of aromatic amines is 1. The summed E-state index contributed by atoms with van der Waals surface area (Å²) in [6, 6.07) is 13.8. The largest absolute Gasteiger partial charge is 0.490 e. The molecule has 0 saturated heterocycles. The normalized spacial score (nSPS) is 11.9. The number of alkyl halides is 3. The summed E-state index contributed by atoms with van der Waals surface area (Å²) in [5.41, 5.74) is 7.63. The maximum atomic E-state index is 12.9. The van der Waals surface area contributed by atoms with Crippen LogP contribution in [-0.4, -0.2) is 44.1 Å². The summed E-state index contributed by atoms with van der Waals surface area (Å²) in [5, 5.41) is 12.4. The van der Waals surface area contributed by atoms with Crippen LogP contribution in [0.2, 0.25) is 0 Å². The number of hydrogen-bond donors (Lipinski definition) is 5. The maximum Gasteiger partial charge on any atom is 0.416 e. The Balaban J connectivity index is 1.46. The van der Waals surface area contributed by atoms with E-state index in [4.69, 9.17) is 10.5 Å². The van der Waals surface area contributed by atoms with Crippen molar-refractivity contribution in [1.29, 1.82) is 0 Å². The summed E-state index contributed by atoms with van der Waals surface area (Å²) >= 11 is 0. The zero-order valence-corrected chi connectivity index (χ0v) is 20.7. The molecule has 14 heteroatoms. The van der Waals surface area contributed by atoms with Crippen molar-refractivity contribution in [3.63, 3.8) is 0 Å². The van der Waals surface area contributed by atoms with Gasteiger partial charge in [-0.05, 0) is 53.6 Å². The van der Waals surface area contributed by atoms with Crippen molar-refractivity contribution < 1.29 is 31.1 Å². The minimum absolute atomic E-state index is 0.00109. The first-order valence-electron chi connectivity index (χ1n) is 11.1. The summed E-state index contributed by atoms with van der Waals surface area (Å²) in [6.45, 7) is 0.172. The third-order valence-corrected chi connectivity index (χ3v) is 6.07. The first kappa shape index (κ1) is 26.8. The average molecular weight is 549 g/mol. The predicted octanol–water partition coefficient (Wildman–Crippen LogP) is 4.40. The van der Waals surface area contributed by atoms with Crippen molar-refractivity contribution in [3.05, 3.63) is 66.2 Å². The lowest BCUT2D eigenvalue weighted by Gasteiger charge is -2.12. The quantitative estimate of drug-likeness (QED) is 0.206. The monoisotopic (exact) mass is 548 g/mol. The fraction of sp³-hybridized carbons (Fsp3) is 0.167. The van der Waals surface area contributed by atoms with Gasteiger partial charge in [-0.3, -0.25) is 5.10 Å². The van der Waals surface area contributed by atoms with Crippen LogP contribution < -0.4 is 25.8 Å². The number of amides is 2. The first-order chi connectivity index (χ1) is 17.9. The van der Waals surface area contributed by atoms with E-state index in [1.165, 1.54) is 12.1 Å². The van der Waals surface area contributed by atoms with Gasteiger partial charge in [0.15, 0.2) is 5.82 Å². The van der Waals surface area contributed by atoms with Gasteiger partial charge < -0.3 is 21.1 Å². The number of H-pyrrole nitrogens is 1. The highest BCUT2D eigenvalue weighted by atomic mass is 32.2. The number of sulfonamides is 1. The van der Waals surface area contributed by atoms with Crippen molar-refractivity contribution in [2.24, 2.45) is 0 Å². The molecule has 0 radical (unpaired) electrons. The molecule has 0 aliphatic heterocycles. The molecule has 6 N–H and O–H groups in total. The summed E-state index contributed by atoms with van der Waals surface area (Å²) in [5.74, 6) is 0.671. The Morgan fingerprint density at radius 3 is 2.45 bits per heavy atom. The van der Waals surface area contributed by atoms with Crippen molar-refractivity contribution in [1.82, 2.24) is 14.9 Å². The summed E-state index contributed by atoms with van der Waals surface area (Å²) < 4.78 is 69.1. The maximum absolute atomic E-state index is 12.9. The molecule has 4 aromatic rings. The first-order valence-corrected chi connectivity index (χ1v) is 13.0. The molecular weight excluding hydrogens is 525 g/mol. The molecule has 0 saturated carbocycles. The van der Waals surface area contributed by atoms with Gasteiger partial charge in [-0.15, -0.1) is 0 Å². The number of nitrogens with two attached hydrogens (primary N) is 1. The Hall–Kier alpha value is -4.30. The molecule has 3 aromatic carbocycles. The van der Waals surface area contributed by atoms with E-state index in [9.17, 15) is 26.4 Å². The van der Waals surface area contributed by atoms with Crippen LogP contribution in [0.25, 0.3) is 22.0 Å². The number of anilines is 3. The molecular formula is C24H23F3N6O4S. The molecule has 0 aliphatic rings. The van der Waals surface area contributed by atoms with Crippen molar-refractivity contribution in [3.8, 4) is 16.9 Å². The number of urea groups is 1. The zero-order valence-electron chi connectivity index (χ0n) is 19.9. The second-order valence-electron chi connectivity index (χ2n) is 8.22. The molecule has 38 heavy (non-hydrogen) atoms. The van der Waals surface area contributed by atoms with Gasteiger partial charge in [0.25, 0.3) is 0 Å². The molecule has 4 rings (SSSR count). The molecule has 0 aliphatic carbocycles. The average Bonchev–Trinajstić information content (AvgIpc) is 3.23. The Bertz CT molecular complexity index is 1570. The number of halogens is 3. The minimum atomic E-state index is -4.52. The third-order valence-electron chi connectivity index (χ3n) is 5.34. The fourth-order valence-electron chi connectivity index (χ4n) is 3.68. The second-order valence-corrected chi connectivity index (χ2v) is 10.1. The van der Waals surface area contributed by atoms with E-state index in [0.29, 0.717) is 22.3 Å². The van der Waals surface area contributed by atoms with Crippen molar-refractivity contribution in [2.45, 2.75) is 6.18 Å². The minimum Gasteiger partial charge on any atom is -0.490 e. The standard InChI is InChI=1S/C24H23F3N6O4S/c1-38(35,36)29-11-12-37-19-10-9-18(20-21(19)32-33-22(20)28)14-5-7-16(8-6-14)30-23(34)31-17-4-2-3-15(13-17)24(25,26)27/h2-10,13,29H,11-12H2,1H3,(H3,28,32,33)(H2,30,31,34). The van der Waals surface area contributed by atoms with Gasteiger partial charge in [-0.1, -0.05) is 18.2 Å². The van der Waals surface area contributed by atoms with Crippen molar-refractivity contribution in [2.75, 3.05) is 35.8 Å². The molecule has 1 aromatic heterocycles. The van der Waals surface area contributed by atoms with Crippen LogP contribution in [0, 0.1) is 0 Å². The number of aromatic nitrogens is 2. The molecule has 0 bridgehead atoms. The number of nitrogen functional groups attached to an aromatic ring is 1. The van der Waals surface area contributed by atoms with E-state index in [0.717, 1.165) is 29.5 Å². The number of carbonyl (C=O) groups is 1. The zero-order chi connectivity index (χ0) is 27.5. The van der Waals surface area contributed by atoms with Gasteiger partial charge in [-0.2, -0.15) is 18.3 Å². The van der Waals surface area contributed by atoms with Crippen LogP contribution in [0.4, 0.5) is 35.2 Å². The molecule has 2 amide bonds. The number of benzene rings is 3. The lowest BCUT2D eigenvalue weighted by molar-refractivity contribution is -0.137. The number of nitrogens with zero attached hydrogens (tertiary/aromatic N) is 1. The molecule has 0 unspecified atom stereocenters.